The number of nitrogens with one attached hydrogen (secondary N) is 1. The van der Waals surface area contributed by atoms with Crippen LogP contribution in [0.4, 0.5) is 5.82 Å². The molecular weight excluding hydrogens is 290 g/mol. The third-order valence-electron chi connectivity index (χ3n) is 2.71. The molecule has 3 heterocycles. The number of nitrogens with zero attached hydrogens (tertiary/aromatic N) is 2. The average Bonchev–Trinajstić information content (AvgIpc) is 3.11. The van der Waals surface area contributed by atoms with Crippen molar-refractivity contribution < 1.29 is 4.79 Å². The minimum absolute atomic E-state index is 0.231. The summed E-state index contributed by atoms with van der Waals surface area (Å²) in [4.78, 5) is 21.7. The number of amides is 1. The lowest BCUT2D eigenvalue weighted by Crippen LogP contribution is -2.14. The van der Waals surface area contributed by atoms with Gasteiger partial charge < -0.3 is 5.32 Å². The molecule has 1 N–H and O–H groups in total. The summed E-state index contributed by atoms with van der Waals surface area (Å²) in [5, 5.41) is 7.41. The van der Waals surface area contributed by atoms with E-state index in [1.54, 1.807) is 22.9 Å². The number of hydrogen-bond donors (Lipinski definition) is 1. The summed E-state index contributed by atoms with van der Waals surface area (Å²) < 4.78 is 0. The third-order valence-corrected chi connectivity index (χ3v) is 4.59. The molecule has 0 bridgehead atoms. The van der Waals surface area contributed by atoms with E-state index in [2.05, 4.69) is 15.3 Å². The topological polar surface area (TPSA) is 54.9 Å². The molecule has 0 aliphatic carbocycles. The Morgan fingerprint density at radius 3 is 2.90 bits per heavy atom. The molecule has 100 valence electrons. The molecule has 3 aromatic heterocycles. The maximum atomic E-state index is 12.1. The monoisotopic (exact) mass is 301 g/mol. The number of rotatable bonds is 3. The highest BCUT2D eigenvalue weighted by molar-refractivity contribution is 7.20. The van der Waals surface area contributed by atoms with Crippen molar-refractivity contribution in [2.75, 3.05) is 5.32 Å². The number of aryl methyl sites for hydroxylation is 1. The Kier molecular flexibility index (Phi) is 3.58. The summed E-state index contributed by atoms with van der Waals surface area (Å²) in [6, 6.07) is 7.70. The van der Waals surface area contributed by atoms with Crippen LogP contribution in [0.25, 0.3) is 9.88 Å². The number of carbonyl (C=O) groups is 1. The Balaban J connectivity index is 1.80. The number of pyridine rings is 1. The van der Waals surface area contributed by atoms with Crippen molar-refractivity contribution in [2.45, 2.75) is 6.92 Å². The largest absolute Gasteiger partial charge is 0.305 e. The van der Waals surface area contributed by atoms with Crippen molar-refractivity contribution in [1.29, 1.82) is 0 Å². The fraction of sp³-hybridized carbons (Fsp3) is 0.0714. The van der Waals surface area contributed by atoms with Crippen molar-refractivity contribution >= 4 is 34.4 Å². The first-order chi connectivity index (χ1) is 9.74. The van der Waals surface area contributed by atoms with Gasteiger partial charge in [-0.1, -0.05) is 12.1 Å². The molecule has 0 unspecified atom stereocenters. The van der Waals surface area contributed by atoms with Gasteiger partial charge in [0.2, 0.25) is 0 Å². The molecular formula is C14H11N3OS2. The molecule has 0 aliphatic rings. The first-order valence-electron chi connectivity index (χ1n) is 5.96. The van der Waals surface area contributed by atoms with E-state index in [0.717, 1.165) is 15.4 Å². The van der Waals surface area contributed by atoms with Crippen molar-refractivity contribution in [3.05, 3.63) is 52.5 Å². The number of carbonyl (C=O) groups excluding carboxylic acids is 1. The molecule has 0 aliphatic heterocycles. The molecule has 3 aromatic rings. The highest BCUT2D eigenvalue weighted by atomic mass is 32.1. The summed E-state index contributed by atoms with van der Waals surface area (Å²) in [5.74, 6) is 0.342. The van der Waals surface area contributed by atoms with Crippen LogP contribution in [0, 0.1) is 6.92 Å². The number of thiazole rings is 1. The molecule has 4 nitrogen and oxygen atoms in total. The van der Waals surface area contributed by atoms with E-state index in [1.807, 2.05) is 36.6 Å². The smallest absolute Gasteiger partial charge is 0.276 e. The zero-order chi connectivity index (χ0) is 13.9. The van der Waals surface area contributed by atoms with Crippen molar-refractivity contribution in [2.24, 2.45) is 0 Å². The maximum absolute atomic E-state index is 12.1. The zero-order valence-electron chi connectivity index (χ0n) is 10.7. The first kappa shape index (κ1) is 13.0. The summed E-state index contributed by atoms with van der Waals surface area (Å²) >= 11 is 3.08. The summed E-state index contributed by atoms with van der Waals surface area (Å²) in [7, 11) is 0. The van der Waals surface area contributed by atoms with Crippen LogP contribution in [0.1, 0.15) is 16.1 Å². The third kappa shape index (κ3) is 2.61. The highest BCUT2D eigenvalue weighted by Gasteiger charge is 2.13. The van der Waals surface area contributed by atoms with E-state index in [9.17, 15) is 4.79 Å². The number of thiophene rings is 1. The first-order valence-corrected chi connectivity index (χ1v) is 7.72. The van der Waals surface area contributed by atoms with Gasteiger partial charge in [-0.3, -0.25) is 4.79 Å². The fourth-order valence-corrected chi connectivity index (χ4v) is 3.29. The normalized spacial score (nSPS) is 10.4. The van der Waals surface area contributed by atoms with Gasteiger partial charge in [-0.2, -0.15) is 0 Å². The molecule has 0 saturated heterocycles. The summed E-state index contributed by atoms with van der Waals surface area (Å²) in [6.45, 7) is 1.90. The number of anilines is 1. The SMILES string of the molecule is Cc1cccnc1NC(=O)c1csc(-c2cccs2)n1. The lowest BCUT2D eigenvalue weighted by Gasteiger charge is -2.04. The van der Waals surface area contributed by atoms with Gasteiger partial charge in [0.1, 0.15) is 16.5 Å². The standard InChI is InChI=1S/C14H11N3OS2/c1-9-4-2-6-15-12(9)17-13(18)10-8-20-14(16-10)11-5-3-7-19-11/h2-8H,1H3,(H,15,17,18). The van der Waals surface area contributed by atoms with Gasteiger partial charge >= 0.3 is 0 Å². The van der Waals surface area contributed by atoms with Crippen LogP contribution in [0.5, 0.6) is 0 Å². The van der Waals surface area contributed by atoms with Gasteiger partial charge in [0.15, 0.2) is 0 Å². The van der Waals surface area contributed by atoms with Crippen LogP contribution >= 0.6 is 22.7 Å². The number of hydrogen-bond acceptors (Lipinski definition) is 5. The van der Waals surface area contributed by atoms with Crippen molar-refractivity contribution in [3.63, 3.8) is 0 Å². The molecule has 0 spiro atoms. The lowest BCUT2D eigenvalue weighted by atomic mass is 10.3. The molecule has 20 heavy (non-hydrogen) atoms. The Labute approximate surface area is 124 Å². The highest BCUT2D eigenvalue weighted by Crippen LogP contribution is 2.28. The van der Waals surface area contributed by atoms with E-state index in [4.69, 9.17) is 0 Å². The zero-order valence-corrected chi connectivity index (χ0v) is 12.3. The van der Waals surface area contributed by atoms with Gasteiger partial charge in [-0.05, 0) is 30.0 Å². The second-order valence-electron chi connectivity index (χ2n) is 4.14. The Bertz CT molecular complexity index is 734. The van der Waals surface area contributed by atoms with Crippen molar-refractivity contribution in [1.82, 2.24) is 9.97 Å². The Hall–Kier alpha value is -2.05. The molecule has 0 aromatic carbocycles. The van der Waals surface area contributed by atoms with Crippen molar-refractivity contribution in [3.8, 4) is 9.88 Å². The molecule has 3 rings (SSSR count). The molecule has 0 radical (unpaired) electrons. The van der Waals surface area contributed by atoms with Gasteiger partial charge in [0, 0.05) is 11.6 Å². The van der Waals surface area contributed by atoms with E-state index in [0.29, 0.717) is 11.5 Å². The second kappa shape index (κ2) is 5.52. The molecule has 0 fully saturated rings. The van der Waals surface area contributed by atoms with Gasteiger partial charge in [-0.15, -0.1) is 22.7 Å². The predicted molar refractivity (Wildman–Crippen MR) is 82.4 cm³/mol. The fourth-order valence-electron chi connectivity index (χ4n) is 1.68. The Morgan fingerprint density at radius 2 is 2.15 bits per heavy atom. The molecule has 6 heteroatoms. The van der Waals surface area contributed by atoms with Gasteiger partial charge in [-0.25, -0.2) is 9.97 Å². The molecule has 0 saturated carbocycles. The second-order valence-corrected chi connectivity index (χ2v) is 5.94. The van der Waals surface area contributed by atoms with E-state index >= 15 is 0 Å². The quantitative estimate of drug-likeness (QED) is 0.800. The summed E-state index contributed by atoms with van der Waals surface area (Å²) in [6.07, 6.45) is 1.65. The van der Waals surface area contributed by atoms with Gasteiger partial charge in [0.25, 0.3) is 5.91 Å². The van der Waals surface area contributed by atoms with E-state index in [1.165, 1.54) is 11.3 Å². The average molecular weight is 301 g/mol. The maximum Gasteiger partial charge on any atom is 0.276 e. The Morgan fingerprint density at radius 1 is 1.25 bits per heavy atom. The minimum atomic E-state index is -0.231. The van der Waals surface area contributed by atoms with Crippen LogP contribution in [0.15, 0.2) is 41.2 Å². The predicted octanol–water partition coefficient (Wildman–Crippen LogP) is 3.83. The van der Waals surface area contributed by atoms with E-state index < -0.39 is 0 Å². The minimum Gasteiger partial charge on any atom is -0.305 e. The van der Waals surface area contributed by atoms with Crippen LogP contribution < -0.4 is 5.32 Å². The van der Waals surface area contributed by atoms with Crippen LogP contribution in [0.3, 0.4) is 0 Å². The van der Waals surface area contributed by atoms with E-state index in [-0.39, 0.29) is 5.91 Å². The lowest BCUT2D eigenvalue weighted by molar-refractivity contribution is 0.102. The van der Waals surface area contributed by atoms with Crippen LogP contribution in [-0.2, 0) is 0 Å². The van der Waals surface area contributed by atoms with Gasteiger partial charge in [0.05, 0.1) is 4.88 Å². The molecule has 1 amide bonds. The number of aromatic nitrogens is 2. The molecule has 0 atom stereocenters. The van der Waals surface area contributed by atoms with Crippen LogP contribution in [-0.4, -0.2) is 15.9 Å². The summed E-state index contributed by atoms with van der Waals surface area (Å²) in [5.41, 5.74) is 1.35. The van der Waals surface area contributed by atoms with Crippen LogP contribution in [0.2, 0.25) is 0 Å².